The number of benzene rings is 1. The molecule has 1 heterocycles. The zero-order chi connectivity index (χ0) is 13.8. The van der Waals surface area contributed by atoms with E-state index < -0.39 is 0 Å². The third-order valence-corrected chi connectivity index (χ3v) is 2.86. The summed E-state index contributed by atoms with van der Waals surface area (Å²) in [6.45, 7) is 1.98. The molecule has 5 nitrogen and oxygen atoms in total. The van der Waals surface area contributed by atoms with E-state index in [1.807, 2.05) is 38.1 Å². The summed E-state index contributed by atoms with van der Waals surface area (Å²) >= 11 is 0. The molecule has 100 valence electrons. The Kier molecular flexibility index (Phi) is 3.85. The maximum atomic E-state index is 9.85. The summed E-state index contributed by atoms with van der Waals surface area (Å²) in [6.07, 6.45) is 3.30. The molecule has 0 fully saturated rings. The molecule has 0 bridgehead atoms. The van der Waals surface area contributed by atoms with Crippen molar-refractivity contribution in [1.29, 1.82) is 0 Å². The SMILES string of the molecule is CC(Nc1nccnc1N(C)C)c1ccccc1O. The van der Waals surface area contributed by atoms with Gasteiger partial charge < -0.3 is 15.3 Å². The van der Waals surface area contributed by atoms with Crippen LogP contribution in [0.3, 0.4) is 0 Å². The Morgan fingerprint density at radius 1 is 1.16 bits per heavy atom. The molecule has 19 heavy (non-hydrogen) atoms. The highest BCUT2D eigenvalue weighted by atomic mass is 16.3. The van der Waals surface area contributed by atoms with Crippen molar-refractivity contribution < 1.29 is 5.11 Å². The molecule has 2 N–H and O–H groups in total. The van der Waals surface area contributed by atoms with Crippen LogP contribution in [0.15, 0.2) is 36.7 Å². The Balaban J connectivity index is 2.24. The molecule has 5 heteroatoms. The predicted octanol–water partition coefficient (Wildman–Crippen LogP) is 2.42. The number of para-hydroxylation sites is 1. The summed E-state index contributed by atoms with van der Waals surface area (Å²) in [5.74, 6) is 1.74. The minimum Gasteiger partial charge on any atom is -0.508 e. The largest absolute Gasteiger partial charge is 0.508 e. The molecule has 0 amide bonds. The van der Waals surface area contributed by atoms with Gasteiger partial charge in [0.25, 0.3) is 0 Å². The Hall–Kier alpha value is -2.30. The van der Waals surface area contributed by atoms with Crippen LogP contribution in [0.1, 0.15) is 18.5 Å². The van der Waals surface area contributed by atoms with Crippen LogP contribution in [0.5, 0.6) is 5.75 Å². The van der Waals surface area contributed by atoms with Crippen molar-refractivity contribution >= 4 is 11.6 Å². The predicted molar refractivity (Wildman–Crippen MR) is 76.5 cm³/mol. The number of nitrogens with zero attached hydrogens (tertiary/aromatic N) is 3. The monoisotopic (exact) mass is 258 g/mol. The molecule has 0 aliphatic rings. The van der Waals surface area contributed by atoms with E-state index in [0.29, 0.717) is 5.82 Å². The molecule has 1 unspecified atom stereocenters. The Labute approximate surface area is 112 Å². The molecule has 1 atom stereocenters. The maximum absolute atomic E-state index is 9.85. The summed E-state index contributed by atoms with van der Waals surface area (Å²) in [6, 6.07) is 7.21. The van der Waals surface area contributed by atoms with E-state index in [4.69, 9.17) is 0 Å². The third-order valence-electron chi connectivity index (χ3n) is 2.86. The standard InChI is InChI=1S/C14H18N4O/c1-10(11-6-4-5-7-12(11)19)17-13-14(18(2)3)16-9-8-15-13/h4-10,19H,1-3H3,(H,15,17). The smallest absolute Gasteiger partial charge is 0.171 e. The summed E-state index contributed by atoms with van der Waals surface area (Å²) in [5.41, 5.74) is 0.831. The van der Waals surface area contributed by atoms with Crippen LogP contribution in [0, 0.1) is 0 Å². The summed E-state index contributed by atoms with van der Waals surface area (Å²) in [7, 11) is 3.83. The van der Waals surface area contributed by atoms with E-state index >= 15 is 0 Å². The molecule has 2 aromatic rings. The van der Waals surface area contributed by atoms with Gasteiger partial charge in [0.2, 0.25) is 0 Å². The fourth-order valence-corrected chi connectivity index (χ4v) is 1.90. The van der Waals surface area contributed by atoms with Crippen molar-refractivity contribution in [2.75, 3.05) is 24.3 Å². The van der Waals surface area contributed by atoms with Crippen molar-refractivity contribution in [2.24, 2.45) is 0 Å². The fraction of sp³-hybridized carbons (Fsp3) is 0.286. The lowest BCUT2D eigenvalue weighted by molar-refractivity contribution is 0.465. The van der Waals surface area contributed by atoms with Crippen LogP contribution in [0.2, 0.25) is 0 Å². The average molecular weight is 258 g/mol. The van der Waals surface area contributed by atoms with Gasteiger partial charge in [-0.15, -0.1) is 0 Å². The number of nitrogens with one attached hydrogen (secondary N) is 1. The first-order valence-electron chi connectivity index (χ1n) is 6.12. The number of phenolic OH excluding ortho intramolecular Hbond substituents is 1. The molecule has 2 rings (SSSR count). The molecular weight excluding hydrogens is 240 g/mol. The van der Waals surface area contributed by atoms with Gasteiger partial charge in [-0.05, 0) is 13.0 Å². The number of rotatable bonds is 4. The number of anilines is 2. The minimum absolute atomic E-state index is 0.0587. The third kappa shape index (κ3) is 2.93. The van der Waals surface area contributed by atoms with Crippen LogP contribution in [-0.2, 0) is 0 Å². The van der Waals surface area contributed by atoms with E-state index in [9.17, 15) is 5.11 Å². The van der Waals surface area contributed by atoms with E-state index in [0.717, 1.165) is 11.4 Å². The van der Waals surface area contributed by atoms with Crippen molar-refractivity contribution in [1.82, 2.24) is 9.97 Å². The van der Waals surface area contributed by atoms with Gasteiger partial charge in [-0.3, -0.25) is 0 Å². The zero-order valence-electron chi connectivity index (χ0n) is 11.3. The molecule has 1 aromatic heterocycles. The Morgan fingerprint density at radius 3 is 2.53 bits per heavy atom. The zero-order valence-corrected chi connectivity index (χ0v) is 11.3. The quantitative estimate of drug-likeness (QED) is 0.882. The number of hydrogen-bond acceptors (Lipinski definition) is 5. The second-order valence-corrected chi connectivity index (χ2v) is 4.55. The van der Waals surface area contributed by atoms with Gasteiger partial charge in [-0.1, -0.05) is 18.2 Å². The molecular formula is C14H18N4O. The van der Waals surface area contributed by atoms with E-state index in [-0.39, 0.29) is 11.8 Å². The van der Waals surface area contributed by atoms with Crippen molar-refractivity contribution in [2.45, 2.75) is 13.0 Å². The number of aromatic nitrogens is 2. The van der Waals surface area contributed by atoms with Gasteiger partial charge in [0.15, 0.2) is 11.6 Å². The summed E-state index contributed by atoms with van der Waals surface area (Å²) < 4.78 is 0. The molecule has 1 aromatic carbocycles. The van der Waals surface area contributed by atoms with E-state index in [1.165, 1.54) is 0 Å². The number of aromatic hydroxyl groups is 1. The number of phenols is 1. The highest BCUT2D eigenvalue weighted by molar-refractivity contribution is 5.60. The van der Waals surface area contributed by atoms with Crippen molar-refractivity contribution in [3.63, 3.8) is 0 Å². The maximum Gasteiger partial charge on any atom is 0.171 e. The highest BCUT2D eigenvalue weighted by Crippen LogP contribution is 2.28. The summed E-state index contributed by atoms with van der Waals surface area (Å²) in [5, 5.41) is 13.1. The van der Waals surface area contributed by atoms with Crippen LogP contribution in [-0.4, -0.2) is 29.2 Å². The van der Waals surface area contributed by atoms with Crippen LogP contribution < -0.4 is 10.2 Å². The molecule has 0 radical (unpaired) electrons. The highest BCUT2D eigenvalue weighted by Gasteiger charge is 2.13. The Morgan fingerprint density at radius 2 is 1.84 bits per heavy atom. The lowest BCUT2D eigenvalue weighted by atomic mass is 10.1. The van der Waals surface area contributed by atoms with E-state index in [2.05, 4.69) is 15.3 Å². The average Bonchev–Trinajstić information content (AvgIpc) is 2.39. The molecule has 0 aliphatic heterocycles. The van der Waals surface area contributed by atoms with Gasteiger partial charge in [0, 0.05) is 32.1 Å². The van der Waals surface area contributed by atoms with Crippen molar-refractivity contribution in [3.05, 3.63) is 42.2 Å². The first kappa shape index (κ1) is 13.1. The van der Waals surface area contributed by atoms with Gasteiger partial charge in [-0.2, -0.15) is 0 Å². The van der Waals surface area contributed by atoms with Crippen LogP contribution in [0.4, 0.5) is 11.6 Å². The minimum atomic E-state index is -0.0587. The normalized spacial score (nSPS) is 11.9. The molecule has 0 saturated heterocycles. The first-order valence-corrected chi connectivity index (χ1v) is 6.12. The van der Waals surface area contributed by atoms with Crippen LogP contribution >= 0.6 is 0 Å². The van der Waals surface area contributed by atoms with Gasteiger partial charge in [-0.25, -0.2) is 9.97 Å². The molecule has 0 aliphatic carbocycles. The second-order valence-electron chi connectivity index (χ2n) is 4.55. The van der Waals surface area contributed by atoms with Crippen molar-refractivity contribution in [3.8, 4) is 5.75 Å². The molecule has 0 spiro atoms. The van der Waals surface area contributed by atoms with Gasteiger partial charge in [0.05, 0.1) is 6.04 Å². The van der Waals surface area contributed by atoms with E-state index in [1.54, 1.807) is 24.5 Å². The van der Waals surface area contributed by atoms with Crippen LogP contribution in [0.25, 0.3) is 0 Å². The number of hydrogen-bond donors (Lipinski definition) is 2. The van der Waals surface area contributed by atoms with Gasteiger partial charge >= 0.3 is 0 Å². The lowest BCUT2D eigenvalue weighted by Gasteiger charge is -2.20. The first-order chi connectivity index (χ1) is 9.09. The fourth-order valence-electron chi connectivity index (χ4n) is 1.90. The lowest BCUT2D eigenvalue weighted by Crippen LogP contribution is -2.16. The molecule has 0 saturated carbocycles. The van der Waals surface area contributed by atoms with Gasteiger partial charge in [0.1, 0.15) is 5.75 Å². The second kappa shape index (κ2) is 5.56. The topological polar surface area (TPSA) is 61.3 Å². The summed E-state index contributed by atoms with van der Waals surface area (Å²) in [4.78, 5) is 10.5. The Bertz CT molecular complexity index is 557.